The van der Waals surface area contributed by atoms with Crippen molar-refractivity contribution in [1.82, 2.24) is 0 Å². The van der Waals surface area contributed by atoms with Crippen molar-refractivity contribution in [3.05, 3.63) is 46.8 Å². The third-order valence-electron chi connectivity index (χ3n) is 2.51. The first kappa shape index (κ1) is 12.8. The SMILES string of the molecule is CCOC(O)c1ccc(-c2ccccc2C#N)s1. The van der Waals surface area contributed by atoms with Gasteiger partial charge in [0, 0.05) is 17.0 Å². The van der Waals surface area contributed by atoms with Crippen LogP contribution in [0.25, 0.3) is 10.4 Å². The van der Waals surface area contributed by atoms with Crippen LogP contribution in [0, 0.1) is 11.3 Å². The number of thiophene rings is 1. The molecule has 0 radical (unpaired) electrons. The van der Waals surface area contributed by atoms with E-state index < -0.39 is 6.29 Å². The summed E-state index contributed by atoms with van der Waals surface area (Å²) in [5.41, 5.74) is 1.52. The van der Waals surface area contributed by atoms with Crippen LogP contribution in [-0.2, 0) is 4.74 Å². The van der Waals surface area contributed by atoms with Crippen LogP contribution in [0.5, 0.6) is 0 Å². The highest BCUT2D eigenvalue weighted by molar-refractivity contribution is 7.15. The van der Waals surface area contributed by atoms with E-state index in [0.29, 0.717) is 12.2 Å². The van der Waals surface area contributed by atoms with Crippen molar-refractivity contribution in [3.8, 4) is 16.5 Å². The molecule has 2 rings (SSSR count). The molecule has 0 bridgehead atoms. The van der Waals surface area contributed by atoms with Crippen molar-refractivity contribution in [2.45, 2.75) is 13.2 Å². The van der Waals surface area contributed by atoms with E-state index in [1.807, 2.05) is 37.3 Å². The lowest BCUT2D eigenvalue weighted by molar-refractivity contribution is -0.0955. The molecule has 1 N–H and O–H groups in total. The lowest BCUT2D eigenvalue weighted by Gasteiger charge is -2.07. The smallest absolute Gasteiger partial charge is 0.190 e. The van der Waals surface area contributed by atoms with Crippen LogP contribution < -0.4 is 0 Å². The van der Waals surface area contributed by atoms with E-state index in [-0.39, 0.29) is 0 Å². The molecular weight excluding hydrogens is 246 g/mol. The first-order valence-electron chi connectivity index (χ1n) is 5.65. The zero-order chi connectivity index (χ0) is 13.0. The fourth-order valence-corrected chi connectivity index (χ4v) is 2.65. The predicted octanol–water partition coefficient (Wildman–Crippen LogP) is 3.31. The average Bonchev–Trinajstić information content (AvgIpc) is 2.88. The molecular formula is C14H13NO2S. The van der Waals surface area contributed by atoms with Gasteiger partial charge in [-0.2, -0.15) is 5.26 Å². The molecule has 0 aliphatic rings. The van der Waals surface area contributed by atoms with Gasteiger partial charge in [0.2, 0.25) is 0 Å². The summed E-state index contributed by atoms with van der Waals surface area (Å²) in [5, 5.41) is 18.8. The first-order chi connectivity index (χ1) is 8.76. The molecule has 1 aromatic heterocycles. The summed E-state index contributed by atoms with van der Waals surface area (Å²) >= 11 is 1.44. The maximum atomic E-state index is 9.73. The summed E-state index contributed by atoms with van der Waals surface area (Å²) in [7, 11) is 0. The van der Waals surface area contributed by atoms with E-state index in [4.69, 9.17) is 10.00 Å². The number of nitriles is 1. The van der Waals surface area contributed by atoms with Crippen LogP contribution in [0.1, 0.15) is 23.7 Å². The molecule has 2 aromatic rings. The number of rotatable bonds is 4. The minimum absolute atomic E-state index is 0.461. The van der Waals surface area contributed by atoms with E-state index in [1.165, 1.54) is 11.3 Å². The minimum atomic E-state index is -0.886. The number of aliphatic hydroxyl groups is 1. The molecule has 0 aliphatic heterocycles. The van der Waals surface area contributed by atoms with Gasteiger partial charge in [0.1, 0.15) is 0 Å². The minimum Gasteiger partial charge on any atom is -0.364 e. The van der Waals surface area contributed by atoms with E-state index >= 15 is 0 Å². The van der Waals surface area contributed by atoms with Crippen LogP contribution in [0.15, 0.2) is 36.4 Å². The average molecular weight is 259 g/mol. The molecule has 0 spiro atoms. The van der Waals surface area contributed by atoms with E-state index in [0.717, 1.165) is 15.3 Å². The molecule has 1 heterocycles. The van der Waals surface area contributed by atoms with Gasteiger partial charge in [-0.15, -0.1) is 11.3 Å². The van der Waals surface area contributed by atoms with E-state index in [2.05, 4.69) is 6.07 Å². The highest BCUT2D eigenvalue weighted by Crippen LogP contribution is 2.33. The number of ether oxygens (including phenoxy) is 1. The Labute approximate surface area is 110 Å². The number of aliphatic hydroxyl groups excluding tert-OH is 1. The van der Waals surface area contributed by atoms with Gasteiger partial charge in [-0.3, -0.25) is 0 Å². The van der Waals surface area contributed by atoms with Gasteiger partial charge in [-0.1, -0.05) is 18.2 Å². The maximum absolute atomic E-state index is 9.73. The number of hydrogen-bond acceptors (Lipinski definition) is 4. The standard InChI is InChI=1S/C14H13NO2S/c1-2-17-14(16)13-8-7-12(18-13)11-6-4-3-5-10(11)9-15/h3-8,14,16H,2H2,1H3. The molecule has 0 saturated carbocycles. The number of hydrogen-bond donors (Lipinski definition) is 1. The zero-order valence-corrected chi connectivity index (χ0v) is 10.8. The number of benzene rings is 1. The zero-order valence-electron chi connectivity index (χ0n) is 9.96. The molecule has 1 unspecified atom stereocenters. The number of nitrogens with zero attached hydrogens (tertiary/aromatic N) is 1. The Hall–Kier alpha value is -1.67. The van der Waals surface area contributed by atoms with Crippen LogP contribution >= 0.6 is 11.3 Å². The fourth-order valence-electron chi connectivity index (χ4n) is 1.67. The van der Waals surface area contributed by atoms with Crippen LogP contribution in [0.2, 0.25) is 0 Å². The topological polar surface area (TPSA) is 53.2 Å². The van der Waals surface area contributed by atoms with Gasteiger partial charge >= 0.3 is 0 Å². The normalized spacial score (nSPS) is 12.1. The van der Waals surface area contributed by atoms with Gasteiger partial charge < -0.3 is 9.84 Å². The lowest BCUT2D eigenvalue weighted by Crippen LogP contribution is -1.99. The van der Waals surface area contributed by atoms with Crippen LogP contribution in [-0.4, -0.2) is 11.7 Å². The third kappa shape index (κ3) is 2.59. The quantitative estimate of drug-likeness (QED) is 0.857. The molecule has 92 valence electrons. The van der Waals surface area contributed by atoms with E-state index in [9.17, 15) is 5.11 Å². The van der Waals surface area contributed by atoms with Gasteiger partial charge in [0.15, 0.2) is 6.29 Å². The van der Waals surface area contributed by atoms with Crippen molar-refractivity contribution >= 4 is 11.3 Å². The van der Waals surface area contributed by atoms with Gasteiger partial charge in [-0.05, 0) is 25.1 Å². The highest BCUT2D eigenvalue weighted by Gasteiger charge is 2.12. The Morgan fingerprint density at radius 1 is 1.33 bits per heavy atom. The summed E-state index contributed by atoms with van der Waals surface area (Å²) in [4.78, 5) is 1.71. The Morgan fingerprint density at radius 3 is 2.83 bits per heavy atom. The summed E-state index contributed by atoms with van der Waals surface area (Å²) < 4.78 is 5.13. The van der Waals surface area contributed by atoms with Gasteiger partial charge in [0.25, 0.3) is 0 Å². The molecule has 0 saturated heterocycles. The van der Waals surface area contributed by atoms with Crippen molar-refractivity contribution in [1.29, 1.82) is 5.26 Å². The largest absolute Gasteiger partial charge is 0.364 e. The third-order valence-corrected chi connectivity index (χ3v) is 3.66. The van der Waals surface area contributed by atoms with Crippen LogP contribution in [0.3, 0.4) is 0 Å². The van der Waals surface area contributed by atoms with Crippen molar-refractivity contribution in [3.63, 3.8) is 0 Å². The fraction of sp³-hybridized carbons (Fsp3) is 0.214. The van der Waals surface area contributed by atoms with Crippen molar-refractivity contribution < 1.29 is 9.84 Å². The second-order valence-corrected chi connectivity index (χ2v) is 4.78. The predicted molar refractivity (Wildman–Crippen MR) is 71.1 cm³/mol. The Kier molecular flexibility index (Phi) is 4.11. The van der Waals surface area contributed by atoms with Crippen molar-refractivity contribution in [2.75, 3.05) is 6.61 Å². The lowest BCUT2D eigenvalue weighted by atomic mass is 10.1. The van der Waals surface area contributed by atoms with Crippen LogP contribution in [0.4, 0.5) is 0 Å². The second kappa shape index (κ2) is 5.78. The molecule has 1 atom stereocenters. The highest BCUT2D eigenvalue weighted by atomic mass is 32.1. The molecule has 0 amide bonds. The summed E-state index contributed by atoms with van der Waals surface area (Å²) in [6, 6.07) is 13.3. The molecule has 3 nitrogen and oxygen atoms in total. The molecule has 0 fully saturated rings. The van der Waals surface area contributed by atoms with Gasteiger partial charge in [0.05, 0.1) is 16.5 Å². The van der Waals surface area contributed by atoms with Crippen molar-refractivity contribution in [2.24, 2.45) is 0 Å². The first-order valence-corrected chi connectivity index (χ1v) is 6.46. The molecule has 18 heavy (non-hydrogen) atoms. The summed E-state index contributed by atoms with van der Waals surface area (Å²) in [6.07, 6.45) is -0.886. The Bertz CT molecular complexity index is 571. The monoisotopic (exact) mass is 259 g/mol. The molecule has 1 aromatic carbocycles. The maximum Gasteiger partial charge on any atom is 0.190 e. The van der Waals surface area contributed by atoms with Gasteiger partial charge in [-0.25, -0.2) is 0 Å². The Balaban J connectivity index is 2.33. The molecule has 0 aliphatic carbocycles. The summed E-state index contributed by atoms with van der Waals surface area (Å²) in [5.74, 6) is 0. The summed E-state index contributed by atoms with van der Waals surface area (Å²) in [6.45, 7) is 2.30. The Morgan fingerprint density at radius 2 is 2.11 bits per heavy atom. The van der Waals surface area contributed by atoms with E-state index in [1.54, 1.807) is 6.07 Å². The molecule has 4 heteroatoms. The second-order valence-electron chi connectivity index (χ2n) is 3.67.